The number of benzene rings is 1. The quantitative estimate of drug-likeness (QED) is 0.801. The van der Waals surface area contributed by atoms with E-state index >= 15 is 0 Å². The Bertz CT molecular complexity index is 394. The Balaban J connectivity index is 1.87. The van der Waals surface area contributed by atoms with Crippen molar-refractivity contribution in [1.29, 1.82) is 0 Å². The first kappa shape index (κ1) is 13.9. The molecule has 0 spiro atoms. The molecule has 2 atom stereocenters. The monoisotopic (exact) mass is 262 g/mol. The van der Waals surface area contributed by atoms with Gasteiger partial charge in [0, 0.05) is 12.6 Å². The van der Waals surface area contributed by atoms with Gasteiger partial charge in [0.1, 0.15) is 6.61 Å². The van der Waals surface area contributed by atoms with E-state index in [0.717, 1.165) is 0 Å². The van der Waals surface area contributed by atoms with Crippen LogP contribution in [0, 0.1) is 0 Å². The van der Waals surface area contributed by atoms with Crippen LogP contribution < -0.4 is 11.1 Å². The first-order valence-corrected chi connectivity index (χ1v) is 6.98. The summed E-state index contributed by atoms with van der Waals surface area (Å²) in [6.45, 7) is 1.00. The van der Waals surface area contributed by atoms with Crippen LogP contribution in [-0.2, 0) is 4.74 Å². The molecular formula is C15H22N2O2. The summed E-state index contributed by atoms with van der Waals surface area (Å²) in [6.07, 6.45) is 4.24. The maximum Gasteiger partial charge on any atom is 0.404 e. The van der Waals surface area contributed by atoms with Gasteiger partial charge in [-0.15, -0.1) is 0 Å². The fourth-order valence-electron chi connectivity index (χ4n) is 2.87. The predicted octanol–water partition coefficient (Wildman–Crippen LogP) is 2.40. The zero-order valence-corrected chi connectivity index (χ0v) is 11.2. The molecule has 0 radical (unpaired) electrons. The van der Waals surface area contributed by atoms with Crippen molar-refractivity contribution in [3.8, 4) is 0 Å². The molecule has 4 heteroatoms. The fourth-order valence-corrected chi connectivity index (χ4v) is 2.87. The predicted molar refractivity (Wildman–Crippen MR) is 75.0 cm³/mol. The molecule has 1 aromatic carbocycles. The third-order valence-electron chi connectivity index (χ3n) is 3.75. The number of hydrogen-bond donors (Lipinski definition) is 2. The van der Waals surface area contributed by atoms with Crippen molar-refractivity contribution in [3.63, 3.8) is 0 Å². The van der Waals surface area contributed by atoms with E-state index in [0.29, 0.717) is 25.1 Å². The second-order valence-corrected chi connectivity index (χ2v) is 5.03. The van der Waals surface area contributed by atoms with Gasteiger partial charge in [-0.1, -0.05) is 43.2 Å². The first-order valence-electron chi connectivity index (χ1n) is 6.98. The highest BCUT2D eigenvalue weighted by Crippen LogP contribution is 2.32. The lowest BCUT2D eigenvalue weighted by molar-refractivity contribution is 0.154. The minimum atomic E-state index is -0.704. The number of hydrogen-bond acceptors (Lipinski definition) is 3. The van der Waals surface area contributed by atoms with Crippen LogP contribution in [0.25, 0.3) is 0 Å². The molecule has 0 aliphatic heterocycles. The Labute approximate surface area is 114 Å². The summed E-state index contributed by atoms with van der Waals surface area (Å²) in [6, 6.07) is 11.1. The van der Waals surface area contributed by atoms with Crippen LogP contribution in [0.2, 0.25) is 0 Å². The van der Waals surface area contributed by atoms with Gasteiger partial charge in [-0.25, -0.2) is 4.79 Å². The summed E-state index contributed by atoms with van der Waals surface area (Å²) in [7, 11) is 0. The number of carbonyl (C=O) groups is 1. The molecular weight excluding hydrogens is 240 g/mol. The van der Waals surface area contributed by atoms with Crippen LogP contribution in [0.5, 0.6) is 0 Å². The lowest BCUT2D eigenvalue weighted by Crippen LogP contribution is -2.39. The largest absolute Gasteiger partial charge is 0.448 e. The van der Waals surface area contributed by atoms with Crippen molar-refractivity contribution in [2.75, 3.05) is 13.2 Å². The lowest BCUT2D eigenvalue weighted by atomic mass is 9.80. The number of nitrogens with two attached hydrogens (primary N) is 1. The summed E-state index contributed by atoms with van der Waals surface area (Å²) >= 11 is 0. The van der Waals surface area contributed by atoms with Gasteiger partial charge in [0.05, 0.1) is 0 Å². The summed E-state index contributed by atoms with van der Waals surface area (Å²) in [5.41, 5.74) is 6.34. The number of primary amides is 1. The SMILES string of the molecule is NC(=O)OCCNC1CCCCC1c1ccccc1. The molecule has 0 saturated heterocycles. The summed E-state index contributed by atoms with van der Waals surface area (Å²) in [5, 5.41) is 3.49. The molecule has 1 saturated carbocycles. The third kappa shape index (κ3) is 4.24. The van der Waals surface area contributed by atoms with E-state index in [1.165, 1.54) is 31.2 Å². The maximum atomic E-state index is 10.5. The van der Waals surface area contributed by atoms with Crippen LogP contribution in [-0.4, -0.2) is 25.3 Å². The van der Waals surface area contributed by atoms with Crippen molar-refractivity contribution in [2.45, 2.75) is 37.6 Å². The maximum absolute atomic E-state index is 10.5. The van der Waals surface area contributed by atoms with E-state index in [4.69, 9.17) is 10.5 Å². The van der Waals surface area contributed by atoms with E-state index in [9.17, 15) is 4.79 Å². The molecule has 0 heterocycles. The average Bonchev–Trinajstić information content (AvgIpc) is 2.45. The molecule has 1 aromatic rings. The fraction of sp³-hybridized carbons (Fsp3) is 0.533. The van der Waals surface area contributed by atoms with Crippen LogP contribution in [0.15, 0.2) is 30.3 Å². The molecule has 2 unspecified atom stereocenters. The van der Waals surface area contributed by atoms with Crippen LogP contribution >= 0.6 is 0 Å². The number of carbonyl (C=O) groups excluding carboxylic acids is 1. The topological polar surface area (TPSA) is 64.4 Å². The molecule has 0 bridgehead atoms. The normalized spacial score (nSPS) is 22.9. The van der Waals surface area contributed by atoms with E-state index < -0.39 is 6.09 Å². The number of amides is 1. The molecule has 1 aliphatic carbocycles. The van der Waals surface area contributed by atoms with Crippen LogP contribution in [0.4, 0.5) is 4.79 Å². The van der Waals surface area contributed by atoms with Gasteiger partial charge < -0.3 is 15.8 Å². The number of nitrogens with one attached hydrogen (secondary N) is 1. The minimum absolute atomic E-state index is 0.341. The highest BCUT2D eigenvalue weighted by molar-refractivity contribution is 5.64. The zero-order valence-electron chi connectivity index (χ0n) is 11.2. The second-order valence-electron chi connectivity index (χ2n) is 5.03. The average molecular weight is 262 g/mol. The zero-order chi connectivity index (χ0) is 13.5. The Kier molecular flexibility index (Phi) is 5.21. The lowest BCUT2D eigenvalue weighted by Gasteiger charge is -2.32. The molecule has 1 aliphatic rings. The van der Waals surface area contributed by atoms with E-state index in [1.807, 2.05) is 0 Å². The molecule has 3 N–H and O–H groups in total. The molecule has 4 nitrogen and oxygen atoms in total. The smallest absolute Gasteiger partial charge is 0.404 e. The van der Waals surface area contributed by atoms with Gasteiger partial charge in [-0.05, 0) is 24.3 Å². The van der Waals surface area contributed by atoms with Gasteiger partial charge in [0.25, 0.3) is 0 Å². The summed E-state index contributed by atoms with van der Waals surface area (Å²) < 4.78 is 4.75. The summed E-state index contributed by atoms with van der Waals surface area (Å²) in [4.78, 5) is 10.5. The van der Waals surface area contributed by atoms with E-state index in [2.05, 4.69) is 35.6 Å². The van der Waals surface area contributed by atoms with Gasteiger partial charge in [0.15, 0.2) is 0 Å². The minimum Gasteiger partial charge on any atom is -0.448 e. The second kappa shape index (κ2) is 7.14. The van der Waals surface area contributed by atoms with E-state index in [-0.39, 0.29) is 0 Å². The molecule has 1 amide bonds. The Morgan fingerprint density at radius 3 is 2.74 bits per heavy atom. The van der Waals surface area contributed by atoms with Gasteiger partial charge >= 0.3 is 6.09 Å². The van der Waals surface area contributed by atoms with Crippen LogP contribution in [0.1, 0.15) is 37.2 Å². The molecule has 1 fully saturated rings. The van der Waals surface area contributed by atoms with Crippen molar-refractivity contribution < 1.29 is 9.53 Å². The van der Waals surface area contributed by atoms with E-state index in [1.54, 1.807) is 0 Å². The molecule has 2 rings (SSSR count). The highest BCUT2D eigenvalue weighted by atomic mass is 16.5. The first-order chi connectivity index (χ1) is 9.27. The summed E-state index contributed by atoms with van der Waals surface area (Å²) in [5.74, 6) is 0.559. The highest BCUT2D eigenvalue weighted by Gasteiger charge is 2.25. The van der Waals surface area contributed by atoms with Crippen molar-refractivity contribution in [3.05, 3.63) is 35.9 Å². The van der Waals surface area contributed by atoms with Crippen molar-refractivity contribution >= 4 is 6.09 Å². The van der Waals surface area contributed by atoms with Gasteiger partial charge in [0.2, 0.25) is 0 Å². The third-order valence-corrected chi connectivity index (χ3v) is 3.75. The number of rotatable bonds is 5. The Morgan fingerprint density at radius 2 is 2.00 bits per heavy atom. The van der Waals surface area contributed by atoms with Gasteiger partial charge in [-0.2, -0.15) is 0 Å². The Hall–Kier alpha value is -1.55. The van der Waals surface area contributed by atoms with Crippen LogP contribution in [0.3, 0.4) is 0 Å². The Morgan fingerprint density at radius 1 is 1.26 bits per heavy atom. The van der Waals surface area contributed by atoms with Crippen molar-refractivity contribution in [2.24, 2.45) is 5.73 Å². The number of ether oxygens (including phenoxy) is 1. The molecule has 104 valence electrons. The van der Waals surface area contributed by atoms with Crippen molar-refractivity contribution in [1.82, 2.24) is 5.32 Å². The standard InChI is InChI=1S/C15H22N2O2/c16-15(18)19-11-10-17-14-9-5-4-8-13(14)12-6-2-1-3-7-12/h1-3,6-7,13-14,17H,4-5,8-11H2,(H2,16,18). The molecule has 0 aromatic heterocycles. The molecule has 19 heavy (non-hydrogen) atoms. The van der Waals surface area contributed by atoms with Gasteiger partial charge in [-0.3, -0.25) is 0 Å².